The zero-order valence-corrected chi connectivity index (χ0v) is 14.0. The summed E-state index contributed by atoms with van der Waals surface area (Å²) in [6.45, 7) is 0. The molecule has 0 bridgehead atoms. The van der Waals surface area contributed by atoms with E-state index < -0.39 is 0 Å². The van der Waals surface area contributed by atoms with Crippen LogP contribution in [0.5, 0.6) is 0 Å². The maximum absolute atomic E-state index is 5.29. The smallest absolute Gasteiger partial charge is 0.0909 e. The van der Waals surface area contributed by atoms with Crippen molar-refractivity contribution in [3.63, 3.8) is 0 Å². The molecule has 3 nitrogen and oxygen atoms in total. The van der Waals surface area contributed by atoms with E-state index in [1.165, 1.54) is 11.4 Å². The molecule has 0 saturated carbocycles. The van der Waals surface area contributed by atoms with Crippen LogP contribution in [0.25, 0.3) is 5.57 Å². The maximum atomic E-state index is 5.29. The lowest BCUT2D eigenvalue weighted by Gasteiger charge is -2.15. The molecule has 0 fully saturated rings. The van der Waals surface area contributed by atoms with Gasteiger partial charge in [-0.05, 0) is 35.4 Å². The number of hydrogen-bond donors (Lipinski definition) is 0. The van der Waals surface area contributed by atoms with Crippen LogP contribution in [-0.4, -0.2) is 35.3 Å². The molecule has 2 rings (SSSR count). The normalized spacial score (nSPS) is 10.0. The fourth-order valence-corrected chi connectivity index (χ4v) is 2.30. The molecule has 0 N–H and O–H groups in total. The summed E-state index contributed by atoms with van der Waals surface area (Å²) in [5, 5.41) is 0. The first-order valence-electron chi connectivity index (χ1n) is 7.31. The van der Waals surface area contributed by atoms with E-state index in [0.29, 0.717) is 0 Å². The lowest BCUT2D eigenvalue weighted by atomic mass is 9.98. The van der Waals surface area contributed by atoms with E-state index in [9.17, 15) is 0 Å². The number of methoxy groups -OCH3 is 1. The lowest BCUT2D eigenvalue weighted by Crippen LogP contribution is -2.08. The quantitative estimate of drug-likeness (QED) is 0.779. The molecule has 116 valence electrons. The summed E-state index contributed by atoms with van der Waals surface area (Å²) < 4.78 is 5.29. The highest BCUT2D eigenvalue weighted by molar-refractivity contribution is 5.80. The van der Waals surface area contributed by atoms with Crippen LogP contribution in [0.2, 0.25) is 0 Å². The van der Waals surface area contributed by atoms with Crippen molar-refractivity contribution < 1.29 is 4.74 Å². The summed E-state index contributed by atoms with van der Waals surface area (Å²) in [6, 6.07) is 17.0. The zero-order chi connectivity index (χ0) is 16.1. The van der Waals surface area contributed by atoms with Crippen molar-refractivity contribution >= 4 is 16.9 Å². The summed E-state index contributed by atoms with van der Waals surface area (Å²) in [4.78, 5) is 4.19. The number of hydrogen-bond acceptors (Lipinski definition) is 3. The molecule has 0 spiro atoms. The van der Waals surface area contributed by atoms with Crippen LogP contribution < -0.4 is 9.80 Å². The molecule has 0 saturated heterocycles. The lowest BCUT2D eigenvalue weighted by molar-refractivity contribution is 0.340. The van der Waals surface area contributed by atoms with Crippen LogP contribution in [0, 0.1) is 0 Å². The topological polar surface area (TPSA) is 15.7 Å². The third-order valence-corrected chi connectivity index (χ3v) is 3.63. The molecule has 0 heterocycles. The Morgan fingerprint density at radius 3 is 1.36 bits per heavy atom. The minimum absolute atomic E-state index is 1.08. The molecule has 0 aliphatic carbocycles. The highest BCUT2D eigenvalue weighted by atomic mass is 16.5. The van der Waals surface area contributed by atoms with Gasteiger partial charge in [-0.2, -0.15) is 0 Å². The second kappa shape index (κ2) is 7.03. The van der Waals surface area contributed by atoms with E-state index in [4.69, 9.17) is 4.74 Å². The largest absolute Gasteiger partial charge is 0.504 e. The Hall–Kier alpha value is -2.42. The van der Waals surface area contributed by atoms with Crippen molar-refractivity contribution in [2.45, 2.75) is 0 Å². The first kappa shape index (κ1) is 16.0. The van der Waals surface area contributed by atoms with Gasteiger partial charge in [-0.25, -0.2) is 0 Å². The van der Waals surface area contributed by atoms with E-state index in [1.54, 1.807) is 13.4 Å². The van der Waals surface area contributed by atoms with Crippen LogP contribution in [-0.2, 0) is 4.74 Å². The van der Waals surface area contributed by atoms with Gasteiger partial charge in [-0.15, -0.1) is 0 Å². The predicted octanol–water partition coefficient (Wildman–Crippen LogP) is 3.85. The van der Waals surface area contributed by atoms with Gasteiger partial charge >= 0.3 is 0 Å². The minimum Gasteiger partial charge on any atom is -0.504 e. The van der Waals surface area contributed by atoms with Crippen LogP contribution in [0.3, 0.4) is 0 Å². The van der Waals surface area contributed by atoms with Crippen molar-refractivity contribution in [2.75, 3.05) is 45.1 Å². The predicted molar refractivity (Wildman–Crippen MR) is 95.6 cm³/mol. The summed E-state index contributed by atoms with van der Waals surface area (Å²) in [6.07, 6.45) is 1.80. The fraction of sp³-hybridized carbons (Fsp3) is 0.263. The Labute approximate surface area is 133 Å². The minimum atomic E-state index is 1.08. The van der Waals surface area contributed by atoms with Gasteiger partial charge in [0.2, 0.25) is 0 Å². The highest BCUT2D eigenvalue weighted by Crippen LogP contribution is 2.27. The van der Waals surface area contributed by atoms with Crippen LogP contribution in [0.15, 0.2) is 54.8 Å². The zero-order valence-electron chi connectivity index (χ0n) is 14.0. The Balaban J connectivity index is 2.36. The molecule has 0 aromatic heterocycles. The van der Waals surface area contributed by atoms with E-state index in [0.717, 1.165) is 16.7 Å². The van der Waals surface area contributed by atoms with E-state index >= 15 is 0 Å². The van der Waals surface area contributed by atoms with Crippen molar-refractivity contribution in [2.24, 2.45) is 0 Å². The van der Waals surface area contributed by atoms with Crippen molar-refractivity contribution in [1.82, 2.24) is 0 Å². The summed E-state index contributed by atoms with van der Waals surface area (Å²) >= 11 is 0. The number of benzene rings is 2. The summed E-state index contributed by atoms with van der Waals surface area (Å²) in [5.74, 6) is 0. The SMILES string of the molecule is COC=C(c1ccc(N(C)C)cc1)c1ccc(N(C)C)cc1. The Morgan fingerprint density at radius 1 is 0.727 bits per heavy atom. The first-order valence-corrected chi connectivity index (χ1v) is 7.31. The molecular weight excluding hydrogens is 272 g/mol. The fourth-order valence-electron chi connectivity index (χ4n) is 2.30. The Kier molecular flexibility index (Phi) is 5.10. The molecule has 22 heavy (non-hydrogen) atoms. The molecule has 0 radical (unpaired) electrons. The van der Waals surface area contributed by atoms with Gasteiger partial charge < -0.3 is 14.5 Å². The van der Waals surface area contributed by atoms with Crippen LogP contribution >= 0.6 is 0 Å². The molecule has 0 aliphatic heterocycles. The van der Waals surface area contributed by atoms with Crippen molar-refractivity contribution in [1.29, 1.82) is 0 Å². The molecule has 2 aromatic carbocycles. The standard InChI is InChI=1S/C19H24N2O/c1-20(2)17-10-6-15(7-11-17)19(14-22-5)16-8-12-18(13-9-16)21(3)4/h6-14H,1-5H3. The molecular formula is C19H24N2O. The van der Waals surface area contributed by atoms with Crippen molar-refractivity contribution in [3.05, 3.63) is 65.9 Å². The Morgan fingerprint density at radius 2 is 1.09 bits per heavy atom. The maximum Gasteiger partial charge on any atom is 0.0909 e. The van der Waals surface area contributed by atoms with E-state index in [2.05, 4.69) is 58.3 Å². The number of ether oxygens (including phenoxy) is 1. The van der Waals surface area contributed by atoms with Gasteiger partial charge in [0.1, 0.15) is 0 Å². The number of anilines is 2. The average Bonchev–Trinajstić information content (AvgIpc) is 2.53. The van der Waals surface area contributed by atoms with Gasteiger partial charge in [-0.1, -0.05) is 24.3 Å². The average molecular weight is 296 g/mol. The molecule has 0 unspecified atom stereocenters. The molecule has 0 aliphatic rings. The van der Waals surface area contributed by atoms with Gasteiger partial charge in [0, 0.05) is 45.1 Å². The summed E-state index contributed by atoms with van der Waals surface area (Å²) in [5.41, 5.74) is 5.74. The monoisotopic (exact) mass is 296 g/mol. The van der Waals surface area contributed by atoms with E-state index in [1.807, 2.05) is 28.2 Å². The number of rotatable bonds is 5. The highest BCUT2D eigenvalue weighted by Gasteiger charge is 2.07. The van der Waals surface area contributed by atoms with E-state index in [-0.39, 0.29) is 0 Å². The molecule has 0 atom stereocenters. The third-order valence-electron chi connectivity index (χ3n) is 3.63. The van der Waals surface area contributed by atoms with Crippen LogP contribution in [0.1, 0.15) is 11.1 Å². The second-order valence-corrected chi connectivity index (χ2v) is 5.65. The van der Waals surface area contributed by atoms with Gasteiger partial charge in [0.05, 0.1) is 13.4 Å². The van der Waals surface area contributed by atoms with Gasteiger partial charge in [0.25, 0.3) is 0 Å². The number of nitrogens with zero attached hydrogens (tertiary/aromatic N) is 2. The second-order valence-electron chi connectivity index (χ2n) is 5.65. The van der Waals surface area contributed by atoms with Crippen LogP contribution in [0.4, 0.5) is 11.4 Å². The third kappa shape index (κ3) is 3.61. The molecule has 2 aromatic rings. The van der Waals surface area contributed by atoms with Crippen molar-refractivity contribution in [3.8, 4) is 0 Å². The molecule has 0 amide bonds. The van der Waals surface area contributed by atoms with Gasteiger partial charge in [-0.3, -0.25) is 0 Å². The summed E-state index contributed by atoms with van der Waals surface area (Å²) in [7, 11) is 9.85. The van der Waals surface area contributed by atoms with Gasteiger partial charge in [0.15, 0.2) is 0 Å². The first-order chi connectivity index (χ1) is 10.5. The molecule has 3 heteroatoms. The Bertz CT molecular complexity index is 572.